The molecule has 2 amide bonds. The predicted octanol–water partition coefficient (Wildman–Crippen LogP) is 2.87. The molecule has 6 nitrogen and oxygen atoms in total. The van der Waals surface area contributed by atoms with Gasteiger partial charge in [0.1, 0.15) is 17.6 Å². The number of piperidine rings is 1. The van der Waals surface area contributed by atoms with Crippen molar-refractivity contribution in [2.24, 2.45) is 5.73 Å². The number of phenolic OH excluding ortho intramolecular Hbond substituents is 1. The Morgan fingerprint density at radius 3 is 2.44 bits per heavy atom. The molecular formula is C20H21BrN2O4. The Hall–Kier alpha value is -2.54. The zero-order chi connectivity index (χ0) is 19.4. The number of hydrogen-bond donors (Lipinski definition) is 2. The first-order valence-electron chi connectivity index (χ1n) is 8.74. The molecule has 142 valence electrons. The molecule has 2 aromatic rings. The summed E-state index contributed by atoms with van der Waals surface area (Å²) in [5.74, 6) is 0.181. The van der Waals surface area contributed by atoms with E-state index in [0.29, 0.717) is 43.7 Å². The fraction of sp³-hybridized carbons (Fsp3) is 0.300. The van der Waals surface area contributed by atoms with Crippen LogP contribution in [-0.4, -0.2) is 41.0 Å². The average Bonchev–Trinajstić information content (AvgIpc) is 2.65. The number of carbonyl (C=O) groups excluding carboxylic acids is 2. The molecule has 0 unspecified atom stereocenters. The van der Waals surface area contributed by atoms with E-state index in [9.17, 15) is 14.7 Å². The maximum absolute atomic E-state index is 12.5. The van der Waals surface area contributed by atoms with Gasteiger partial charge in [0.25, 0.3) is 5.91 Å². The molecule has 0 bridgehead atoms. The van der Waals surface area contributed by atoms with Gasteiger partial charge in [-0.2, -0.15) is 0 Å². The number of halogens is 1. The van der Waals surface area contributed by atoms with Crippen LogP contribution in [0.25, 0.3) is 0 Å². The van der Waals surface area contributed by atoms with Gasteiger partial charge >= 0.3 is 0 Å². The van der Waals surface area contributed by atoms with Crippen molar-refractivity contribution in [1.29, 1.82) is 0 Å². The van der Waals surface area contributed by atoms with Crippen LogP contribution >= 0.6 is 15.9 Å². The summed E-state index contributed by atoms with van der Waals surface area (Å²) in [5.41, 5.74) is 6.64. The molecule has 0 saturated carbocycles. The third-order valence-electron chi connectivity index (χ3n) is 4.59. The van der Waals surface area contributed by atoms with Crippen molar-refractivity contribution in [2.75, 3.05) is 13.1 Å². The Kier molecular flexibility index (Phi) is 6.01. The highest BCUT2D eigenvalue weighted by Crippen LogP contribution is 2.26. The van der Waals surface area contributed by atoms with E-state index in [2.05, 4.69) is 15.9 Å². The Labute approximate surface area is 166 Å². The molecule has 0 spiro atoms. The van der Waals surface area contributed by atoms with Crippen LogP contribution in [0.5, 0.6) is 11.5 Å². The Balaban J connectivity index is 1.55. The second-order valence-corrected chi connectivity index (χ2v) is 7.46. The zero-order valence-electron chi connectivity index (χ0n) is 14.7. The van der Waals surface area contributed by atoms with Crippen LogP contribution in [0.4, 0.5) is 0 Å². The number of hydrogen-bond acceptors (Lipinski definition) is 4. The molecule has 3 N–H and O–H groups in total. The first-order valence-corrected chi connectivity index (χ1v) is 9.53. The molecule has 2 aromatic carbocycles. The van der Waals surface area contributed by atoms with Crippen molar-refractivity contribution in [2.45, 2.75) is 25.4 Å². The molecule has 1 heterocycles. The Morgan fingerprint density at radius 2 is 1.81 bits per heavy atom. The monoisotopic (exact) mass is 432 g/mol. The fourth-order valence-corrected chi connectivity index (χ4v) is 3.46. The van der Waals surface area contributed by atoms with E-state index >= 15 is 0 Å². The third kappa shape index (κ3) is 5.01. The van der Waals surface area contributed by atoms with Gasteiger partial charge in [0.05, 0.1) is 12.0 Å². The molecule has 0 aromatic heterocycles. The van der Waals surface area contributed by atoms with Crippen molar-refractivity contribution in [3.05, 3.63) is 58.1 Å². The summed E-state index contributed by atoms with van der Waals surface area (Å²) in [6.45, 7) is 1.20. The zero-order valence-corrected chi connectivity index (χ0v) is 16.3. The third-order valence-corrected chi connectivity index (χ3v) is 5.08. The molecule has 27 heavy (non-hydrogen) atoms. The summed E-state index contributed by atoms with van der Waals surface area (Å²) >= 11 is 3.32. The Bertz CT molecular complexity index is 830. The van der Waals surface area contributed by atoms with Crippen LogP contribution in [0.1, 0.15) is 28.8 Å². The summed E-state index contributed by atoms with van der Waals surface area (Å²) in [5, 5.41) is 9.32. The van der Waals surface area contributed by atoms with E-state index in [1.165, 1.54) is 0 Å². The number of nitrogens with zero attached hydrogens (tertiary/aromatic N) is 1. The summed E-state index contributed by atoms with van der Waals surface area (Å²) in [6.07, 6.45) is 1.62. The van der Waals surface area contributed by atoms with Crippen molar-refractivity contribution in [1.82, 2.24) is 4.90 Å². The van der Waals surface area contributed by atoms with E-state index in [4.69, 9.17) is 10.5 Å². The summed E-state index contributed by atoms with van der Waals surface area (Å²) in [7, 11) is 0. The van der Waals surface area contributed by atoms with Gasteiger partial charge in [-0.05, 0) is 35.9 Å². The number of primary amides is 1. The van der Waals surface area contributed by atoms with Gasteiger partial charge in [-0.3, -0.25) is 9.59 Å². The first kappa shape index (κ1) is 19.2. The minimum atomic E-state index is -0.534. The highest BCUT2D eigenvalue weighted by Gasteiger charge is 2.25. The maximum Gasteiger partial charge on any atom is 0.252 e. The number of nitrogens with two attached hydrogens (primary N) is 1. The number of amides is 2. The highest BCUT2D eigenvalue weighted by atomic mass is 79.9. The second kappa shape index (κ2) is 8.43. The summed E-state index contributed by atoms with van der Waals surface area (Å²) in [6, 6.07) is 11.8. The maximum atomic E-state index is 12.5. The standard InChI is InChI=1S/C20H21BrN2O4/c21-14-3-6-18(17(12-14)20(22)26)27-16-7-9-23(10-8-16)19(25)11-13-1-4-15(24)5-2-13/h1-6,12,16,24H,7-11H2,(H2,22,26). The lowest BCUT2D eigenvalue weighted by molar-refractivity contribution is -0.132. The van der Waals surface area contributed by atoms with Crippen LogP contribution < -0.4 is 10.5 Å². The van der Waals surface area contributed by atoms with Crippen LogP contribution in [0.3, 0.4) is 0 Å². The molecule has 0 atom stereocenters. The molecule has 0 radical (unpaired) electrons. The lowest BCUT2D eigenvalue weighted by atomic mass is 10.1. The van der Waals surface area contributed by atoms with E-state index < -0.39 is 5.91 Å². The number of carbonyl (C=O) groups is 2. The average molecular weight is 433 g/mol. The lowest BCUT2D eigenvalue weighted by Crippen LogP contribution is -2.42. The van der Waals surface area contributed by atoms with Crippen LogP contribution in [0.15, 0.2) is 46.9 Å². The number of likely N-dealkylation sites (tertiary alicyclic amines) is 1. The van der Waals surface area contributed by atoms with E-state index in [0.717, 1.165) is 10.0 Å². The fourth-order valence-electron chi connectivity index (χ4n) is 3.10. The van der Waals surface area contributed by atoms with Crippen molar-refractivity contribution < 1.29 is 19.4 Å². The number of phenols is 1. The van der Waals surface area contributed by atoms with Gasteiger partial charge in [0.2, 0.25) is 5.91 Å². The highest BCUT2D eigenvalue weighted by molar-refractivity contribution is 9.10. The quantitative estimate of drug-likeness (QED) is 0.759. The van der Waals surface area contributed by atoms with Crippen LogP contribution in [-0.2, 0) is 11.2 Å². The van der Waals surface area contributed by atoms with Crippen molar-refractivity contribution in [3.8, 4) is 11.5 Å². The van der Waals surface area contributed by atoms with E-state index in [-0.39, 0.29) is 17.8 Å². The minimum Gasteiger partial charge on any atom is -0.508 e. The van der Waals surface area contributed by atoms with E-state index in [1.807, 2.05) is 4.90 Å². The van der Waals surface area contributed by atoms with Crippen molar-refractivity contribution in [3.63, 3.8) is 0 Å². The molecule has 1 saturated heterocycles. The molecule has 7 heteroatoms. The van der Waals surface area contributed by atoms with Gasteiger partial charge in [-0.15, -0.1) is 0 Å². The van der Waals surface area contributed by atoms with Crippen molar-refractivity contribution >= 4 is 27.7 Å². The smallest absolute Gasteiger partial charge is 0.252 e. The second-order valence-electron chi connectivity index (χ2n) is 6.55. The van der Waals surface area contributed by atoms with Crippen LogP contribution in [0.2, 0.25) is 0 Å². The normalized spacial score (nSPS) is 14.8. The van der Waals surface area contributed by atoms with Gasteiger partial charge in [-0.25, -0.2) is 0 Å². The minimum absolute atomic E-state index is 0.0561. The first-order chi connectivity index (χ1) is 12.9. The van der Waals surface area contributed by atoms with Gasteiger partial charge in [0.15, 0.2) is 0 Å². The lowest BCUT2D eigenvalue weighted by Gasteiger charge is -2.32. The molecular weight excluding hydrogens is 412 g/mol. The number of benzene rings is 2. The molecule has 1 aliphatic rings. The summed E-state index contributed by atoms with van der Waals surface area (Å²) < 4.78 is 6.74. The molecule has 1 aliphatic heterocycles. The predicted molar refractivity (Wildman–Crippen MR) is 105 cm³/mol. The summed E-state index contributed by atoms with van der Waals surface area (Å²) in [4.78, 5) is 25.9. The number of rotatable bonds is 5. The Morgan fingerprint density at radius 1 is 1.15 bits per heavy atom. The number of ether oxygens (including phenoxy) is 1. The molecule has 1 fully saturated rings. The molecule has 0 aliphatic carbocycles. The SMILES string of the molecule is NC(=O)c1cc(Br)ccc1OC1CCN(C(=O)Cc2ccc(O)cc2)CC1. The topological polar surface area (TPSA) is 92.9 Å². The number of aromatic hydroxyl groups is 1. The molecule has 3 rings (SSSR count). The van der Waals surface area contributed by atoms with Gasteiger partial charge in [0, 0.05) is 30.4 Å². The largest absolute Gasteiger partial charge is 0.508 e. The van der Waals surface area contributed by atoms with Gasteiger partial charge in [-0.1, -0.05) is 28.1 Å². The van der Waals surface area contributed by atoms with Crippen LogP contribution in [0, 0.1) is 0 Å². The van der Waals surface area contributed by atoms with E-state index in [1.54, 1.807) is 42.5 Å². The van der Waals surface area contributed by atoms with Gasteiger partial charge < -0.3 is 20.5 Å².